The third-order valence-electron chi connectivity index (χ3n) is 5.23. The Labute approximate surface area is 186 Å². The molecule has 0 radical (unpaired) electrons. The minimum Gasteiger partial charge on any atom is -0.490 e. The lowest BCUT2D eigenvalue weighted by atomic mass is 9.87. The van der Waals surface area contributed by atoms with Crippen LogP contribution in [0.4, 0.5) is 26.2 Å². The molecule has 4 rings (SSSR count). The fourth-order valence-electron chi connectivity index (χ4n) is 3.48. The van der Waals surface area contributed by atoms with Gasteiger partial charge in [-0.3, -0.25) is 9.59 Å². The maximum absolute atomic E-state index is 13.3. The van der Waals surface area contributed by atoms with Crippen molar-refractivity contribution in [3.63, 3.8) is 0 Å². The monoisotopic (exact) mass is 458 g/mol. The zero-order valence-electron chi connectivity index (χ0n) is 17.3. The number of anilines is 3. The second-order valence-corrected chi connectivity index (χ2v) is 7.57. The summed E-state index contributed by atoms with van der Waals surface area (Å²) in [5, 5.41) is 21.6. The molecule has 1 aliphatic carbocycles. The zero-order valence-corrected chi connectivity index (χ0v) is 17.3. The number of aromatic nitrogens is 2. The van der Waals surface area contributed by atoms with Crippen LogP contribution in [-0.2, 0) is 4.79 Å². The van der Waals surface area contributed by atoms with Crippen molar-refractivity contribution in [1.29, 1.82) is 0 Å². The topological polar surface area (TPSA) is 127 Å². The quantitative estimate of drug-likeness (QED) is 0.477. The molecule has 0 bridgehead atoms. The molecule has 0 spiro atoms. The number of halogens is 2. The smallest absolute Gasteiger partial charge is 0.320 e. The molecular formula is C22H20F2N4O5. The van der Waals surface area contributed by atoms with Gasteiger partial charge in [-0.25, -0.2) is 8.78 Å². The number of nitrogens with one attached hydrogen (secondary N) is 2. The van der Waals surface area contributed by atoms with Crippen LogP contribution in [0.2, 0.25) is 0 Å². The normalized spacial score (nSPS) is 17.9. The van der Waals surface area contributed by atoms with E-state index in [0.717, 1.165) is 12.1 Å². The first-order chi connectivity index (χ1) is 15.9. The Kier molecular flexibility index (Phi) is 6.48. The summed E-state index contributed by atoms with van der Waals surface area (Å²) in [4.78, 5) is 23.4. The summed E-state index contributed by atoms with van der Waals surface area (Å²) in [7, 11) is 0. The van der Waals surface area contributed by atoms with E-state index in [4.69, 9.17) is 14.3 Å². The van der Waals surface area contributed by atoms with Gasteiger partial charge in [0.1, 0.15) is 5.75 Å². The van der Waals surface area contributed by atoms with Crippen molar-refractivity contribution in [2.24, 2.45) is 5.92 Å². The van der Waals surface area contributed by atoms with Crippen LogP contribution >= 0.6 is 0 Å². The molecule has 3 N–H and O–H groups in total. The molecule has 2 aromatic carbocycles. The Balaban J connectivity index is 1.30. The number of carboxylic acids is 1. The molecule has 0 unspecified atom stereocenters. The van der Waals surface area contributed by atoms with Crippen molar-refractivity contribution in [3.05, 3.63) is 60.0 Å². The van der Waals surface area contributed by atoms with E-state index in [1.54, 1.807) is 24.3 Å². The van der Waals surface area contributed by atoms with E-state index in [9.17, 15) is 18.4 Å². The van der Waals surface area contributed by atoms with E-state index < -0.39 is 23.5 Å². The zero-order chi connectivity index (χ0) is 23.4. The lowest BCUT2D eigenvalue weighted by Gasteiger charge is -2.26. The number of aliphatic carboxylic acids is 1. The predicted molar refractivity (Wildman–Crippen MR) is 112 cm³/mol. The van der Waals surface area contributed by atoms with E-state index >= 15 is 0 Å². The number of amides is 1. The molecule has 3 aromatic rings. The number of carboxylic acid groups (broad SMARTS) is 1. The maximum atomic E-state index is 13.3. The molecule has 9 nitrogen and oxygen atoms in total. The predicted octanol–water partition coefficient (Wildman–Crippen LogP) is 4.37. The molecule has 1 saturated carbocycles. The number of benzene rings is 2. The van der Waals surface area contributed by atoms with Crippen molar-refractivity contribution in [3.8, 4) is 5.75 Å². The van der Waals surface area contributed by atoms with Gasteiger partial charge in [0.25, 0.3) is 0 Å². The molecule has 11 heteroatoms. The third-order valence-corrected chi connectivity index (χ3v) is 5.23. The van der Waals surface area contributed by atoms with Gasteiger partial charge in [0.2, 0.25) is 0 Å². The Morgan fingerprint density at radius 2 is 1.67 bits per heavy atom. The van der Waals surface area contributed by atoms with Crippen LogP contribution < -0.4 is 15.4 Å². The summed E-state index contributed by atoms with van der Waals surface area (Å²) < 4.78 is 37.4. The first-order valence-corrected chi connectivity index (χ1v) is 10.2. The van der Waals surface area contributed by atoms with Gasteiger partial charge >= 0.3 is 23.8 Å². The Hall–Kier alpha value is -4.02. The second-order valence-electron chi connectivity index (χ2n) is 7.57. The van der Waals surface area contributed by atoms with Gasteiger partial charge in [-0.15, -0.1) is 5.10 Å². The van der Waals surface area contributed by atoms with Gasteiger partial charge < -0.3 is 24.9 Å². The highest BCUT2D eigenvalue weighted by Gasteiger charge is 2.27. The third kappa shape index (κ3) is 5.62. The van der Waals surface area contributed by atoms with Crippen LogP contribution in [0.15, 0.2) is 46.9 Å². The van der Waals surface area contributed by atoms with Gasteiger partial charge in [-0.1, -0.05) is 5.10 Å². The largest absolute Gasteiger partial charge is 0.490 e. The van der Waals surface area contributed by atoms with Gasteiger partial charge in [0.05, 0.1) is 12.0 Å². The minimum atomic E-state index is -1.04. The molecule has 1 heterocycles. The Morgan fingerprint density at radius 3 is 2.33 bits per heavy atom. The van der Waals surface area contributed by atoms with Crippen LogP contribution in [0.25, 0.3) is 0 Å². The summed E-state index contributed by atoms with van der Waals surface area (Å²) in [6, 6.07) is 9.67. The van der Waals surface area contributed by atoms with Gasteiger partial charge in [-0.2, -0.15) is 0 Å². The summed E-state index contributed by atoms with van der Waals surface area (Å²) >= 11 is 0. The van der Waals surface area contributed by atoms with E-state index in [1.807, 2.05) is 0 Å². The number of rotatable bonds is 7. The number of carbonyl (C=O) groups excluding carboxylic acids is 1. The highest BCUT2D eigenvalue weighted by molar-refractivity contribution is 6.00. The van der Waals surface area contributed by atoms with Crippen molar-refractivity contribution in [1.82, 2.24) is 10.2 Å². The number of hydrogen-bond acceptors (Lipinski definition) is 7. The second kappa shape index (κ2) is 9.63. The standard InChI is InChI=1S/C22H20F2N4O5/c23-17-10-5-14(11-18(17)24)26-22-28-27-20(33-22)19(29)25-13-3-8-16(9-4-13)32-15-6-1-12(2-7-15)21(30)31/h3-5,8-12,15H,1-2,6-7H2,(H,25,29)(H,26,28)(H,30,31). The highest BCUT2D eigenvalue weighted by atomic mass is 19.2. The first kappa shape index (κ1) is 22.2. The fourth-order valence-corrected chi connectivity index (χ4v) is 3.48. The van der Waals surface area contributed by atoms with Crippen LogP contribution in [0.1, 0.15) is 36.4 Å². The molecule has 33 heavy (non-hydrogen) atoms. The Morgan fingerprint density at radius 1 is 0.970 bits per heavy atom. The molecule has 172 valence electrons. The van der Waals surface area contributed by atoms with E-state index in [-0.39, 0.29) is 29.6 Å². The average molecular weight is 458 g/mol. The number of hydrogen-bond donors (Lipinski definition) is 3. The lowest BCUT2D eigenvalue weighted by molar-refractivity contribution is -0.143. The van der Waals surface area contributed by atoms with Gasteiger partial charge in [0.15, 0.2) is 11.6 Å². The van der Waals surface area contributed by atoms with E-state index in [2.05, 4.69) is 20.8 Å². The molecule has 1 aliphatic rings. The van der Waals surface area contributed by atoms with E-state index in [0.29, 0.717) is 37.1 Å². The van der Waals surface area contributed by atoms with Crippen molar-refractivity contribution in [2.45, 2.75) is 31.8 Å². The average Bonchev–Trinajstić information content (AvgIpc) is 3.27. The van der Waals surface area contributed by atoms with Crippen LogP contribution in [0.3, 0.4) is 0 Å². The van der Waals surface area contributed by atoms with E-state index in [1.165, 1.54) is 6.07 Å². The number of ether oxygens (including phenoxy) is 1. The maximum Gasteiger partial charge on any atom is 0.320 e. The summed E-state index contributed by atoms with van der Waals surface area (Å²) in [5.74, 6) is -3.47. The first-order valence-electron chi connectivity index (χ1n) is 10.2. The van der Waals surface area contributed by atoms with Crippen LogP contribution in [-0.4, -0.2) is 33.3 Å². The number of carbonyl (C=O) groups is 2. The SMILES string of the molecule is O=C(Nc1ccc(OC2CCC(C(=O)O)CC2)cc1)c1nnc(Nc2ccc(F)c(F)c2)o1. The van der Waals surface area contributed by atoms with Gasteiger partial charge in [-0.05, 0) is 62.1 Å². The summed E-state index contributed by atoms with van der Waals surface area (Å²) in [6.45, 7) is 0. The molecule has 0 atom stereocenters. The Bertz CT molecular complexity index is 1140. The molecule has 1 amide bonds. The van der Waals surface area contributed by atoms with Crippen molar-refractivity contribution >= 4 is 29.3 Å². The molecule has 0 saturated heterocycles. The summed E-state index contributed by atoms with van der Waals surface area (Å²) in [6.07, 6.45) is 2.48. The van der Waals surface area contributed by atoms with Crippen molar-refractivity contribution < 1.29 is 32.6 Å². The van der Waals surface area contributed by atoms with Crippen LogP contribution in [0, 0.1) is 17.6 Å². The summed E-state index contributed by atoms with van der Waals surface area (Å²) in [5.41, 5.74) is 0.645. The molecule has 0 aliphatic heterocycles. The highest BCUT2D eigenvalue weighted by Crippen LogP contribution is 2.28. The van der Waals surface area contributed by atoms with Gasteiger partial charge in [0, 0.05) is 17.4 Å². The molecule has 1 fully saturated rings. The molecular weight excluding hydrogens is 438 g/mol. The van der Waals surface area contributed by atoms with Crippen molar-refractivity contribution in [2.75, 3.05) is 10.6 Å². The minimum absolute atomic E-state index is 0.0417. The molecule has 1 aromatic heterocycles. The lowest BCUT2D eigenvalue weighted by Crippen LogP contribution is -2.27. The fraction of sp³-hybridized carbons (Fsp3) is 0.273. The number of nitrogens with zero attached hydrogens (tertiary/aromatic N) is 2. The van der Waals surface area contributed by atoms with Crippen LogP contribution in [0.5, 0.6) is 5.75 Å².